The molecule has 1 aliphatic rings. The number of hydrogen-bond acceptors (Lipinski definition) is 6. The molecule has 1 atom stereocenters. The van der Waals surface area contributed by atoms with Crippen molar-refractivity contribution in [1.29, 1.82) is 5.26 Å². The van der Waals surface area contributed by atoms with Gasteiger partial charge in [-0.15, -0.1) is 23.4 Å². The Hall–Kier alpha value is -2.10. The molecule has 0 saturated heterocycles. The molecule has 0 spiro atoms. The van der Waals surface area contributed by atoms with Crippen LogP contribution in [0.3, 0.4) is 0 Å². The maximum Gasteiger partial charge on any atom is 0.338 e. The Morgan fingerprint density at radius 3 is 2.62 bits per heavy atom. The van der Waals surface area contributed by atoms with Crippen LogP contribution in [-0.2, 0) is 14.3 Å². The monoisotopic (exact) mass is 364 g/mol. The van der Waals surface area contributed by atoms with Crippen molar-refractivity contribution >= 4 is 29.3 Å². The van der Waals surface area contributed by atoms with E-state index in [2.05, 4.69) is 0 Å². The van der Waals surface area contributed by atoms with Gasteiger partial charge in [0.05, 0.1) is 24.0 Å². The number of hydrogen-bond donors (Lipinski definition) is 1. The van der Waals surface area contributed by atoms with Crippen LogP contribution >= 0.6 is 23.4 Å². The second-order valence-electron chi connectivity index (χ2n) is 4.89. The van der Waals surface area contributed by atoms with Crippen LogP contribution in [0.2, 0.25) is 0 Å². The third kappa shape index (κ3) is 3.53. The Bertz CT molecular complexity index is 735. The van der Waals surface area contributed by atoms with E-state index < -0.39 is 11.9 Å². The number of allylic oxidation sites excluding steroid dienone is 2. The minimum absolute atomic E-state index is 0.0415. The van der Waals surface area contributed by atoms with Gasteiger partial charge in [0.15, 0.2) is 0 Å². The fraction of sp³-hybridized carbons (Fsp3) is 0.294. The fourth-order valence-electron chi connectivity index (χ4n) is 2.48. The van der Waals surface area contributed by atoms with Crippen molar-refractivity contribution in [2.75, 3.05) is 18.7 Å². The largest absolute Gasteiger partial charge is 0.463 e. The molecular weight excluding hydrogens is 348 g/mol. The summed E-state index contributed by atoms with van der Waals surface area (Å²) in [5.41, 5.74) is 7.00. The Morgan fingerprint density at radius 1 is 1.46 bits per heavy atom. The lowest BCUT2D eigenvalue weighted by Crippen LogP contribution is -2.26. The fourth-order valence-corrected chi connectivity index (χ4v) is 3.09. The summed E-state index contributed by atoms with van der Waals surface area (Å²) < 4.78 is 10.5. The lowest BCUT2D eigenvalue weighted by atomic mass is 9.83. The number of rotatable bonds is 5. The second-order valence-corrected chi connectivity index (χ2v) is 6.04. The molecule has 2 rings (SSSR count). The zero-order valence-corrected chi connectivity index (χ0v) is 14.9. The summed E-state index contributed by atoms with van der Waals surface area (Å²) in [4.78, 5) is 13.5. The lowest BCUT2D eigenvalue weighted by Gasteiger charge is -2.27. The standard InChI is InChI=1S/C17H17ClN2O3S/c1-3-22-17(21)15-13(8-18)23-16(20)12(9-19)14(15)10-4-6-11(24-2)7-5-10/h4-7,14H,3,8,20H2,1-2H3/t14-/m0/s1. The van der Waals surface area contributed by atoms with Crippen molar-refractivity contribution in [3.05, 3.63) is 52.6 Å². The van der Waals surface area contributed by atoms with E-state index in [1.807, 2.05) is 36.6 Å². The van der Waals surface area contributed by atoms with Crippen molar-refractivity contribution in [2.45, 2.75) is 17.7 Å². The van der Waals surface area contributed by atoms with Crippen LogP contribution in [-0.4, -0.2) is 24.7 Å². The smallest absolute Gasteiger partial charge is 0.338 e. The molecule has 0 unspecified atom stereocenters. The molecule has 5 nitrogen and oxygen atoms in total. The van der Waals surface area contributed by atoms with E-state index in [-0.39, 0.29) is 35.3 Å². The average Bonchev–Trinajstić information content (AvgIpc) is 2.60. The molecule has 0 aliphatic carbocycles. The molecule has 0 radical (unpaired) electrons. The number of ether oxygens (including phenoxy) is 2. The minimum atomic E-state index is -0.660. The summed E-state index contributed by atoms with van der Waals surface area (Å²) in [6.07, 6.45) is 1.97. The van der Waals surface area contributed by atoms with E-state index in [0.717, 1.165) is 10.5 Å². The van der Waals surface area contributed by atoms with E-state index in [4.69, 9.17) is 26.8 Å². The van der Waals surface area contributed by atoms with Gasteiger partial charge in [-0.1, -0.05) is 12.1 Å². The van der Waals surface area contributed by atoms with E-state index in [1.54, 1.807) is 18.7 Å². The number of carbonyl (C=O) groups is 1. The van der Waals surface area contributed by atoms with E-state index >= 15 is 0 Å². The number of carbonyl (C=O) groups excluding carboxylic acids is 1. The van der Waals surface area contributed by atoms with E-state index in [0.29, 0.717) is 0 Å². The summed E-state index contributed by atoms with van der Waals surface area (Å²) in [6.45, 7) is 1.91. The van der Waals surface area contributed by atoms with Crippen LogP contribution in [0.5, 0.6) is 0 Å². The van der Waals surface area contributed by atoms with Gasteiger partial charge >= 0.3 is 5.97 Å². The summed E-state index contributed by atoms with van der Waals surface area (Å²) in [5.74, 6) is -1.10. The van der Waals surface area contributed by atoms with Gasteiger partial charge in [-0.25, -0.2) is 4.79 Å². The third-order valence-electron chi connectivity index (χ3n) is 3.56. The molecule has 0 fully saturated rings. The van der Waals surface area contributed by atoms with Crippen molar-refractivity contribution in [3.63, 3.8) is 0 Å². The number of nitrogens with zero attached hydrogens (tertiary/aromatic N) is 1. The maximum atomic E-state index is 12.4. The predicted molar refractivity (Wildman–Crippen MR) is 93.3 cm³/mol. The summed E-state index contributed by atoms with van der Waals surface area (Å²) >= 11 is 7.52. The maximum absolute atomic E-state index is 12.4. The van der Waals surface area contributed by atoms with Gasteiger partial charge in [-0.3, -0.25) is 0 Å². The summed E-state index contributed by atoms with van der Waals surface area (Å²) in [5, 5.41) is 9.50. The van der Waals surface area contributed by atoms with Crippen LogP contribution in [0.4, 0.5) is 0 Å². The summed E-state index contributed by atoms with van der Waals surface area (Å²) in [7, 11) is 0. The average molecular weight is 365 g/mol. The third-order valence-corrected chi connectivity index (χ3v) is 4.55. The Balaban J connectivity index is 2.60. The number of halogens is 1. The Morgan fingerprint density at radius 2 is 2.12 bits per heavy atom. The number of benzene rings is 1. The number of thioether (sulfide) groups is 1. The first-order chi connectivity index (χ1) is 11.6. The highest BCUT2D eigenvalue weighted by atomic mass is 35.5. The zero-order valence-electron chi connectivity index (χ0n) is 13.3. The number of nitrogens with two attached hydrogens (primary N) is 1. The van der Waals surface area contributed by atoms with Gasteiger partial charge < -0.3 is 15.2 Å². The summed E-state index contributed by atoms with van der Waals surface area (Å²) in [6, 6.07) is 9.60. The molecule has 1 aliphatic heterocycles. The molecule has 0 aromatic heterocycles. The molecule has 0 bridgehead atoms. The molecule has 126 valence electrons. The van der Waals surface area contributed by atoms with Crippen molar-refractivity contribution in [2.24, 2.45) is 5.73 Å². The lowest BCUT2D eigenvalue weighted by molar-refractivity contribution is -0.139. The Kier molecular flexibility index (Phi) is 6.18. The topological polar surface area (TPSA) is 85.3 Å². The second kappa shape index (κ2) is 8.13. The molecular formula is C17H17ClN2O3S. The van der Waals surface area contributed by atoms with Gasteiger partial charge in [-0.2, -0.15) is 5.26 Å². The van der Waals surface area contributed by atoms with Crippen LogP contribution in [0.25, 0.3) is 0 Å². The highest BCUT2D eigenvalue weighted by molar-refractivity contribution is 7.98. The first-order valence-electron chi connectivity index (χ1n) is 7.25. The normalized spacial score (nSPS) is 17.3. The molecule has 0 amide bonds. The van der Waals surface area contributed by atoms with Crippen LogP contribution in [0, 0.1) is 11.3 Å². The highest BCUT2D eigenvalue weighted by Crippen LogP contribution is 2.40. The molecule has 0 saturated carbocycles. The number of esters is 1. The van der Waals surface area contributed by atoms with Gasteiger partial charge in [0.25, 0.3) is 0 Å². The van der Waals surface area contributed by atoms with Crippen LogP contribution < -0.4 is 5.73 Å². The molecule has 1 aromatic carbocycles. The van der Waals surface area contributed by atoms with Crippen molar-refractivity contribution < 1.29 is 14.3 Å². The zero-order chi connectivity index (χ0) is 17.7. The first-order valence-corrected chi connectivity index (χ1v) is 9.00. The molecule has 1 aromatic rings. The Labute approximate surface area is 150 Å². The SMILES string of the molecule is CCOC(=O)C1=C(CCl)OC(N)=C(C#N)[C@@H]1c1ccc(SC)cc1. The highest BCUT2D eigenvalue weighted by Gasteiger charge is 2.37. The number of alkyl halides is 1. The van der Waals surface area contributed by atoms with Crippen LogP contribution in [0.1, 0.15) is 18.4 Å². The van der Waals surface area contributed by atoms with E-state index in [1.165, 1.54) is 0 Å². The quantitative estimate of drug-likeness (QED) is 0.490. The van der Waals surface area contributed by atoms with E-state index in [9.17, 15) is 10.1 Å². The van der Waals surface area contributed by atoms with Gasteiger partial charge in [-0.05, 0) is 30.9 Å². The molecule has 2 N–H and O–H groups in total. The predicted octanol–water partition coefficient (Wildman–Crippen LogP) is 3.27. The molecule has 1 heterocycles. The van der Waals surface area contributed by atoms with Crippen molar-refractivity contribution in [3.8, 4) is 6.07 Å². The van der Waals surface area contributed by atoms with Gasteiger partial charge in [0, 0.05) is 4.90 Å². The van der Waals surface area contributed by atoms with Gasteiger partial charge in [0.2, 0.25) is 5.88 Å². The van der Waals surface area contributed by atoms with Crippen LogP contribution in [0.15, 0.2) is 51.9 Å². The molecule has 7 heteroatoms. The van der Waals surface area contributed by atoms with Gasteiger partial charge in [0.1, 0.15) is 17.4 Å². The molecule has 24 heavy (non-hydrogen) atoms. The number of nitriles is 1. The minimum Gasteiger partial charge on any atom is -0.463 e. The van der Waals surface area contributed by atoms with Crippen molar-refractivity contribution in [1.82, 2.24) is 0 Å². The first kappa shape index (κ1) is 18.2.